The van der Waals surface area contributed by atoms with E-state index in [2.05, 4.69) is 0 Å². The van der Waals surface area contributed by atoms with E-state index in [1.165, 1.54) is 11.3 Å². The number of ether oxygens (including phenoxy) is 1. The number of imidazole rings is 1. The Morgan fingerprint density at radius 3 is 2.60 bits per heavy atom. The average molecular weight is 348 g/mol. The van der Waals surface area contributed by atoms with Crippen molar-refractivity contribution in [2.24, 2.45) is 0 Å². The van der Waals surface area contributed by atoms with Crippen LogP contribution in [-0.4, -0.2) is 22.8 Å². The molecule has 0 saturated carbocycles. The fourth-order valence-electron chi connectivity index (χ4n) is 3.04. The highest BCUT2D eigenvalue weighted by Crippen LogP contribution is 2.33. The van der Waals surface area contributed by atoms with Gasteiger partial charge in [0, 0.05) is 10.9 Å². The van der Waals surface area contributed by atoms with Crippen LogP contribution in [0.2, 0.25) is 0 Å². The maximum absolute atomic E-state index is 11.9. The summed E-state index contributed by atoms with van der Waals surface area (Å²) >= 11 is 1.53. The maximum atomic E-state index is 11.9. The Labute approximate surface area is 149 Å². The first kappa shape index (κ1) is 15.6. The maximum Gasteiger partial charge on any atom is 0.195 e. The van der Waals surface area contributed by atoms with Crippen LogP contribution in [0.1, 0.15) is 16.1 Å². The summed E-state index contributed by atoms with van der Waals surface area (Å²) in [6, 6.07) is 15.9. The van der Waals surface area contributed by atoms with Crippen LogP contribution in [0.15, 0.2) is 53.9 Å². The molecule has 2 aromatic carbocycles. The van der Waals surface area contributed by atoms with E-state index >= 15 is 0 Å². The molecule has 4 nitrogen and oxygen atoms in total. The number of nitrogens with zero attached hydrogens (tertiary/aromatic N) is 2. The Morgan fingerprint density at radius 2 is 1.92 bits per heavy atom. The van der Waals surface area contributed by atoms with Crippen molar-refractivity contribution in [2.75, 3.05) is 7.11 Å². The van der Waals surface area contributed by atoms with Gasteiger partial charge >= 0.3 is 0 Å². The molecule has 25 heavy (non-hydrogen) atoms. The van der Waals surface area contributed by atoms with Gasteiger partial charge in [-0.05, 0) is 36.2 Å². The van der Waals surface area contributed by atoms with Crippen molar-refractivity contribution in [3.05, 3.63) is 65.2 Å². The zero-order chi connectivity index (χ0) is 17.4. The summed E-state index contributed by atoms with van der Waals surface area (Å²) in [5, 5.41) is 2.04. The average Bonchev–Trinajstić information content (AvgIpc) is 3.21. The number of carbonyl (C=O) groups excluding carboxylic acids is 1. The minimum atomic E-state index is 0.569. The number of aldehydes is 1. The highest BCUT2D eigenvalue weighted by molar-refractivity contribution is 7.15. The predicted octanol–water partition coefficient (Wildman–Crippen LogP) is 4.86. The van der Waals surface area contributed by atoms with Crippen LogP contribution in [0.4, 0.5) is 0 Å². The van der Waals surface area contributed by atoms with Crippen molar-refractivity contribution in [2.45, 2.75) is 6.92 Å². The fraction of sp³-hybridized carbons (Fsp3) is 0.100. The van der Waals surface area contributed by atoms with Crippen LogP contribution in [0.5, 0.6) is 5.75 Å². The van der Waals surface area contributed by atoms with Crippen molar-refractivity contribution in [3.63, 3.8) is 0 Å². The molecule has 0 spiro atoms. The Hall–Kier alpha value is -2.92. The van der Waals surface area contributed by atoms with E-state index in [4.69, 9.17) is 9.72 Å². The lowest BCUT2D eigenvalue weighted by Gasteiger charge is -2.07. The van der Waals surface area contributed by atoms with Gasteiger partial charge in [0.25, 0.3) is 0 Å². The van der Waals surface area contributed by atoms with Crippen molar-refractivity contribution >= 4 is 22.6 Å². The normalized spacial score (nSPS) is 11.0. The van der Waals surface area contributed by atoms with E-state index in [0.29, 0.717) is 11.4 Å². The Kier molecular flexibility index (Phi) is 3.86. The van der Waals surface area contributed by atoms with Crippen molar-refractivity contribution in [1.82, 2.24) is 9.38 Å². The topological polar surface area (TPSA) is 43.6 Å². The van der Waals surface area contributed by atoms with Gasteiger partial charge in [-0.15, -0.1) is 11.3 Å². The van der Waals surface area contributed by atoms with E-state index in [-0.39, 0.29) is 0 Å². The molecule has 5 heteroatoms. The lowest BCUT2D eigenvalue weighted by Crippen LogP contribution is -1.94. The van der Waals surface area contributed by atoms with Crippen LogP contribution < -0.4 is 4.74 Å². The predicted molar refractivity (Wildman–Crippen MR) is 101 cm³/mol. The second kappa shape index (κ2) is 6.18. The first-order valence-electron chi connectivity index (χ1n) is 7.88. The molecule has 0 saturated heterocycles. The lowest BCUT2D eigenvalue weighted by atomic mass is 10.1. The van der Waals surface area contributed by atoms with Crippen LogP contribution in [0.3, 0.4) is 0 Å². The Morgan fingerprint density at radius 1 is 1.12 bits per heavy atom. The van der Waals surface area contributed by atoms with Crippen molar-refractivity contribution in [3.8, 4) is 28.3 Å². The van der Waals surface area contributed by atoms with E-state index < -0.39 is 0 Å². The van der Waals surface area contributed by atoms with Crippen LogP contribution in [0.25, 0.3) is 27.5 Å². The van der Waals surface area contributed by atoms with Gasteiger partial charge in [0.2, 0.25) is 0 Å². The minimum absolute atomic E-state index is 0.569. The quantitative estimate of drug-likeness (QED) is 0.495. The largest absolute Gasteiger partial charge is 0.496 e. The molecule has 0 aliphatic carbocycles. The third kappa shape index (κ3) is 2.53. The smallest absolute Gasteiger partial charge is 0.195 e. The van der Waals surface area contributed by atoms with Crippen LogP contribution in [-0.2, 0) is 0 Å². The molecular formula is C20H16N2O2S. The molecular weight excluding hydrogens is 332 g/mol. The number of aryl methyl sites for hydroxylation is 1. The molecule has 0 aliphatic heterocycles. The fourth-order valence-corrected chi connectivity index (χ4v) is 3.94. The summed E-state index contributed by atoms with van der Waals surface area (Å²) in [7, 11) is 1.65. The zero-order valence-electron chi connectivity index (χ0n) is 13.9. The summed E-state index contributed by atoms with van der Waals surface area (Å²) in [6.07, 6.45) is 0.883. The number of rotatable bonds is 4. The van der Waals surface area contributed by atoms with Gasteiger partial charge in [-0.25, -0.2) is 4.98 Å². The van der Waals surface area contributed by atoms with Gasteiger partial charge in [-0.1, -0.05) is 30.3 Å². The number of fused-ring (bicyclic) bond motifs is 1. The van der Waals surface area contributed by atoms with Crippen LogP contribution in [0, 0.1) is 6.92 Å². The molecule has 4 aromatic rings. The highest BCUT2D eigenvalue weighted by Gasteiger charge is 2.18. The number of hydrogen-bond acceptors (Lipinski definition) is 4. The number of methoxy groups -OCH3 is 1. The zero-order valence-corrected chi connectivity index (χ0v) is 14.7. The summed E-state index contributed by atoms with van der Waals surface area (Å²) < 4.78 is 7.25. The number of hydrogen-bond donors (Lipinski definition) is 0. The number of aromatic nitrogens is 2. The SMILES string of the molecule is COc1ccc(-c2nc3scc(-c4ccccc4)n3c2C=O)cc1C. The van der Waals surface area contributed by atoms with Gasteiger partial charge in [0.05, 0.1) is 12.8 Å². The summed E-state index contributed by atoms with van der Waals surface area (Å²) in [4.78, 5) is 17.4. The molecule has 124 valence electrons. The van der Waals surface area contributed by atoms with E-state index in [1.807, 2.05) is 65.2 Å². The van der Waals surface area contributed by atoms with Gasteiger partial charge in [0.1, 0.15) is 17.1 Å². The van der Waals surface area contributed by atoms with E-state index in [1.54, 1.807) is 7.11 Å². The van der Waals surface area contributed by atoms with Crippen LogP contribution >= 0.6 is 11.3 Å². The third-order valence-electron chi connectivity index (χ3n) is 4.25. The number of thiazole rings is 1. The minimum Gasteiger partial charge on any atom is -0.496 e. The lowest BCUT2D eigenvalue weighted by molar-refractivity contribution is 0.111. The number of benzene rings is 2. The molecule has 0 N–H and O–H groups in total. The first-order valence-corrected chi connectivity index (χ1v) is 8.76. The molecule has 0 amide bonds. The van der Waals surface area contributed by atoms with Gasteiger partial charge in [-0.2, -0.15) is 0 Å². The third-order valence-corrected chi connectivity index (χ3v) is 5.07. The standard InChI is InChI=1S/C20H16N2O2S/c1-13-10-15(8-9-18(13)24-2)19-16(11-23)22-17(12-25-20(22)21-19)14-6-4-3-5-7-14/h3-12H,1-2H3. The second-order valence-corrected chi connectivity index (χ2v) is 6.59. The Balaban J connectivity index is 1.93. The van der Waals surface area contributed by atoms with E-state index in [9.17, 15) is 4.79 Å². The second-order valence-electron chi connectivity index (χ2n) is 5.75. The molecule has 0 atom stereocenters. The molecule has 0 unspecified atom stereocenters. The van der Waals surface area contributed by atoms with Gasteiger partial charge < -0.3 is 4.74 Å². The molecule has 0 aliphatic rings. The van der Waals surface area contributed by atoms with Gasteiger partial charge in [-0.3, -0.25) is 9.20 Å². The summed E-state index contributed by atoms with van der Waals surface area (Å²) in [5.41, 5.74) is 5.23. The molecule has 0 fully saturated rings. The number of carbonyl (C=O) groups is 1. The van der Waals surface area contributed by atoms with E-state index in [0.717, 1.165) is 39.4 Å². The van der Waals surface area contributed by atoms with Crippen molar-refractivity contribution in [1.29, 1.82) is 0 Å². The van der Waals surface area contributed by atoms with Crippen molar-refractivity contribution < 1.29 is 9.53 Å². The van der Waals surface area contributed by atoms with Gasteiger partial charge in [0.15, 0.2) is 11.2 Å². The molecule has 4 rings (SSSR count). The first-order chi connectivity index (χ1) is 12.2. The summed E-state index contributed by atoms with van der Waals surface area (Å²) in [6.45, 7) is 1.98. The summed E-state index contributed by atoms with van der Waals surface area (Å²) in [5.74, 6) is 0.822. The molecule has 2 aromatic heterocycles. The molecule has 0 bridgehead atoms. The monoisotopic (exact) mass is 348 g/mol. The molecule has 2 heterocycles. The highest BCUT2D eigenvalue weighted by atomic mass is 32.1. The Bertz CT molecular complexity index is 1060. The molecule has 0 radical (unpaired) electrons.